The van der Waals surface area contributed by atoms with Gasteiger partial charge in [-0.2, -0.15) is 9.78 Å². The van der Waals surface area contributed by atoms with Crippen LogP contribution in [0.3, 0.4) is 0 Å². The van der Waals surface area contributed by atoms with Crippen LogP contribution in [0.2, 0.25) is 5.02 Å². The van der Waals surface area contributed by atoms with Crippen molar-refractivity contribution in [3.05, 3.63) is 81.7 Å². The molecule has 2 aromatic carbocycles. The first-order chi connectivity index (χ1) is 15.6. The van der Waals surface area contributed by atoms with Crippen LogP contribution >= 0.6 is 11.6 Å². The van der Waals surface area contributed by atoms with Crippen LogP contribution < -0.4 is 15.4 Å². The third-order valence-corrected chi connectivity index (χ3v) is 6.52. The first-order valence-electron chi connectivity index (χ1n) is 10.8. The lowest BCUT2D eigenvalue weighted by Crippen LogP contribution is -2.50. The number of anilines is 2. The Hall–Kier alpha value is -3.16. The van der Waals surface area contributed by atoms with Gasteiger partial charge in [0.25, 0.3) is 5.56 Å². The standard InChI is InChI=1S/C24H24ClN5O2/c25-23-21(16-26-30(24(23)32)19-7-2-1-3-8-19)28-14-12-27(13-15-28)17-22(31)29-11-10-18-6-4-5-9-20(18)29/h1-9,16H,10-15,17H2. The summed E-state index contributed by atoms with van der Waals surface area (Å²) >= 11 is 6.45. The van der Waals surface area contributed by atoms with E-state index in [0.717, 1.165) is 31.7 Å². The molecule has 8 heteroatoms. The van der Waals surface area contributed by atoms with E-state index in [1.165, 1.54) is 10.2 Å². The summed E-state index contributed by atoms with van der Waals surface area (Å²) in [5, 5.41) is 4.50. The molecule has 1 fully saturated rings. The van der Waals surface area contributed by atoms with E-state index in [4.69, 9.17) is 11.6 Å². The SMILES string of the molecule is O=C(CN1CCN(c2cnn(-c3ccccc3)c(=O)c2Cl)CC1)N1CCc2ccccc21. The van der Waals surface area contributed by atoms with Gasteiger partial charge in [0, 0.05) is 38.4 Å². The van der Waals surface area contributed by atoms with Gasteiger partial charge >= 0.3 is 0 Å². The zero-order valence-corrected chi connectivity index (χ0v) is 18.4. The summed E-state index contributed by atoms with van der Waals surface area (Å²) in [7, 11) is 0. The number of aromatic nitrogens is 2. The van der Waals surface area contributed by atoms with Gasteiger partial charge in [-0.25, -0.2) is 0 Å². The highest BCUT2D eigenvalue weighted by Gasteiger charge is 2.27. The Morgan fingerprint density at radius 3 is 2.41 bits per heavy atom. The maximum atomic E-state index is 12.9. The summed E-state index contributed by atoms with van der Waals surface area (Å²) in [5.41, 5.74) is 3.26. The first-order valence-corrected chi connectivity index (χ1v) is 11.2. The lowest BCUT2D eigenvalue weighted by molar-refractivity contribution is -0.119. The van der Waals surface area contributed by atoms with Crippen LogP contribution in [0.15, 0.2) is 65.6 Å². The van der Waals surface area contributed by atoms with Gasteiger partial charge in [-0.15, -0.1) is 0 Å². The summed E-state index contributed by atoms with van der Waals surface area (Å²) in [4.78, 5) is 31.8. The first kappa shape index (κ1) is 20.7. The average Bonchev–Trinajstić information content (AvgIpc) is 3.26. The Morgan fingerprint density at radius 2 is 1.62 bits per heavy atom. The van der Waals surface area contributed by atoms with Crippen molar-refractivity contribution in [2.45, 2.75) is 6.42 Å². The van der Waals surface area contributed by atoms with E-state index in [-0.39, 0.29) is 16.5 Å². The number of carbonyl (C=O) groups excluding carboxylic acids is 1. The number of hydrogen-bond donors (Lipinski definition) is 0. The van der Waals surface area contributed by atoms with Crippen LogP contribution in [-0.2, 0) is 11.2 Å². The van der Waals surface area contributed by atoms with E-state index in [1.807, 2.05) is 53.4 Å². The van der Waals surface area contributed by atoms with E-state index in [1.54, 1.807) is 6.20 Å². The van der Waals surface area contributed by atoms with Crippen LogP contribution in [0.5, 0.6) is 0 Å². The second-order valence-corrected chi connectivity index (χ2v) is 8.46. The van der Waals surface area contributed by atoms with Crippen LogP contribution in [0.4, 0.5) is 11.4 Å². The van der Waals surface area contributed by atoms with E-state index < -0.39 is 0 Å². The summed E-state index contributed by atoms with van der Waals surface area (Å²) < 4.78 is 1.31. The Balaban J connectivity index is 1.23. The quantitative estimate of drug-likeness (QED) is 0.612. The molecule has 0 aliphatic carbocycles. The minimum Gasteiger partial charge on any atom is -0.366 e. The van der Waals surface area contributed by atoms with Crippen molar-refractivity contribution in [1.29, 1.82) is 0 Å². The van der Waals surface area contributed by atoms with Crippen LogP contribution in [0, 0.1) is 0 Å². The average molecular weight is 450 g/mol. The fourth-order valence-corrected chi connectivity index (χ4v) is 4.67. The number of piperazine rings is 1. The van der Waals surface area contributed by atoms with Gasteiger partial charge in [-0.1, -0.05) is 48.0 Å². The molecule has 164 valence electrons. The van der Waals surface area contributed by atoms with Gasteiger partial charge in [0.15, 0.2) is 0 Å². The topological polar surface area (TPSA) is 61.7 Å². The molecule has 0 unspecified atom stereocenters. The number of hydrogen-bond acceptors (Lipinski definition) is 5. The van der Waals surface area contributed by atoms with Gasteiger partial charge in [0.1, 0.15) is 5.02 Å². The molecule has 3 aromatic rings. The number of nitrogens with zero attached hydrogens (tertiary/aromatic N) is 5. The van der Waals surface area contributed by atoms with Gasteiger partial charge in [0.05, 0.1) is 24.1 Å². The third kappa shape index (κ3) is 3.89. The molecule has 7 nitrogen and oxygen atoms in total. The van der Waals surface area contributed by atoms with Crippen molar-refractivity contribution in [2.24, 2.45) is 0 Å². The number of amides is 1. The molecular formula is C24H24ClN5O2. The molecule has 3 heterocycles. The second kappa shape index (κ2) is 8.76. The van der Waals surface area contributed by atoms with Crippen LogP contribution in [0.25, 0.3) is 5.69 Å². The van der Waals surface area contributed by atoms with Gasteiger partial charge in [-0.05, 0) is 30.2 Å². The lowest BCUT2D eigenvalue weighted by Gasteiger charge is -2.36. The third-order valence-electron chi connectivity index (χ3n) is 6.16. The smallest absolute Gasteiger partial charge is 0.292 e. The fourth-order valence-electron chi connectivity index (χ4n) is 4.42. The Kier molecular flexibility index (Phi) is 5.68. The Labute approximate surface area is 191 Å². The Morgan fingerprint density at radius 1 is 0.906 bits per heavy atom. The molecule has 0 N–H and O–H groups in total. The lowest BCUT2D eigenvalue weighted by atomic mass is 10.2. The van der Waals surface area contributed by atoms with E-state index in [9.17, 15) is 9.59 Å². The van der Waals surface area contributed by atoms with Crippen molar-refractivity contribution < 1.29 is 4.79 Å². The van der Waals surface area contributed by atoms with E-state index >= 15 is 0 Å². The number of benzene rings is 2. The minimum absolute atomic E-state index is 0.133. The summed E-state index contributed by atoms with van der Waals surface area (Å²) in [6.07, 6.45) is 2.56. The normalized spacial score (nSPS) is 16.3. The molecule has 0 spiro atoms. The molecule has 32 heavy (non-hydrogen) atoms. The zero-order valence-electron chi connectivity index (χ0n) is 17.7. The molecule has 0 bridgehead atoms. The van der Waals surface area contributed by atoms with Crippen molar-refractivity contribution in [3.8, 4) is 5.69 Å². The molecule has 0 atom stereocenters. The maximum Gasteiger partial charge on any atom is 0.292 e. The monoisotopic (exact) mass is 449 g/mol. The maximum absolute atomic E-state index is 12.9. The highest BCUT2D eigenvalue weighted by Crippen LogP contribution is 2.28. The second-order valence-electron chi connectivity index (χ2n) is 8.08. The number of rotatable bonds is 4. The molecule has 1 aromatic heterocycles. The number of fused-ring (bicyclic) bond motifs is 1. The summed E-state index contributed by atoms with van der Waals surface area (Å²) in [6.45, 7) is 3.94. The molecule has 1 amide bonds. The Bertz CT molecular complexity index is 1190. The molecule has 0 saturated carbocycles. The van der Waals surface area contributed by atoms with Crippen molar-refractivity contribution in [3.63, 3.8) is 0 Å². The van der Waals surface area contributed by atoms with Crippen LogP contribution in [0.1, 0.15) is 5.56 Å². The number of carbonyl (C=O) groups is 1. The van der Waals surface area contributed by atoms with Gasteiger partial charge < -0.3 is 9.80 Å². The molecule has 5 rings (SSSR count). The molecule has 2 aliphatic heterocycles. The van der Waals surface area contributed by atoms with E-state index in [2.05, 4.69) is 21.0 Å². The van der Waals surface area contributed by atoms with Crippen LogP contribution in [-0.4, -0.2) is 59.9 Å². The minimum atomic E-state index is -0.333. The molecule has 0 radical (unpaired) electrons. The highest BCUT2D eigenvalue weighted by molar-refractivity contribution is 6.33. The molecule has 2 aliphatic rings. The van der Waals surface area contributed by atoms with Crippen molar-refractivity contribution in [2.75, 3.05) is 49.1 Å². The fraction of sp³-hybridized carbons (Fsp3) is 0.292. The van der Waals surface area contributed by atoms with Crippen molar-refractivity contribution in [1.82, 2.24) is 14.7 Å². The largest absolute Gasteiger partial charge is 0.366 e. The molecule has 1 saturated heterocycles. The van der Waals surface area contributed by atoms with Gasteiger partial charge in [-0.3, -0.25) is 14.5 Å². The molecular weight excluding hydrogens is 426 g/mol. The van der Waals surface area contributed by atoms with E-state index in [0.29, 0.717) is 31.0 Å². The van der Waals surface area contributed by atoms with Gasteiger partial charge in [0.2, 0.25) is 5.91 Å². The number of halogens is 1. The predicted molar refractivity (Wildman–Crippen MR) is 126 cm³/mol. The highest BCUT2D eigenvalue weighted by atomic mass is 35.5. The van der Waals surface area contributed by atoms with Crippen molar-refractivity contribution >= 4 is 28.9 Å². The summed E-state index contributed by atoms with van der Waals surface area (Å²) in [6, 6.07) is 17.3. The zero-order chi connectivity index (χ0) is 22.1. The predicted octanol–water partition coefficient (Wildman–Crippen LogP) is 2.60. The summed E-state index contributed by atoms with van der Waals surface area (Å²) in [5.74, 6) is 0.133. The number of para-hydroxylation sites is 2.